The first-order valence-electron chi connectivity index (χ1n) is 10.6. The van der Waals surface area contributed by atoms with Crippen LogP contribution in [0.5, 0.6) is 0 Å². The number of nitrogens with one attached hydrogen (secondary N) is 2. The van der Waals surface area contributed by atoms with Crippen molar-refractivity contribution in [1.82, 2.24) is 10.2 Å². The van der Waals surface area contributed by atoms with Crippen molar-refractivity contribution in [2.45, 2.75) is 32.7 Å². The zero-order valence-electron chi connectivity index (χ0n) is 18.3. The highest BCUT2D eigenvalue weighted by atomic mass is 32.1. The number of anilines is 2. The number of nitrogens with zero attached hydrogens (tertiary/aromatic N) is 2. The van der Waals surface area contributed by atoms with E-state index in [1.807, 2.05) is 12.1 Å². The summed E-state index contributed by atoms with van der Waals surface area (Å²) < 4.78 is 0. The lowest BCUT2D eigenvalue weighted by Crippen LogP contribution is -2.33. The van der Waals surface area contributed by atoms with Gasteiger partial charge in [-0.2, -0.15) is 0 Å². The molecule has 1 aliphatic rings. The summed E-state index contributed by atoms with van der Waals surface area (Å²) >= 11 is 5.47. The van der Waals surface area contributed by atoms with Crippen LogP contribution < -0.4 is 15.5 Å². The molecule has 0 aliphatic carbocycles. The fourth-order valence-corrected chi connectivity index (χ4v) is 3.94. The second-order valence-corrected chi connectivity index (χ2v) is 8.77. The third-order valence-corrected chi connectivity index (χ3v) is 5.91. The number of hydrogen-bond donors (Lipinski definition) is 2. The molecule has 1 saturated heterocycles. The van der Waals surface area contributed by atoms with Gasteiger partial charge < -0.3 is 20.4 Å². The Labute approximate surface area is 185 Å². The average molecular weight is 425 g/mol. The molecule has 1 fully saturated rings. The van der Waals surface area contributed by atoms with Crippen LogP contribution in [-0.4, -0.2) is 43.1 Å². The summed E-state index contributed by atoms with van der Waals surface area (Å²) in [5.41, 5.74) is 4.00. The molecule has 0 bridgehead atoms. The SMILES string of the molecule is CC1CCN(c2ccc(C(C)NC(=S)Nc3ccc(C(=O)N(C)C)cc3)cc2)CC1. The molecule has 1 heterocycles. The minimum Gasteiger partial charge on any atom is -0.372 e. The molecule has 0 aromatic heterocycles. The van der Waals surface area contributed by atoms with Crippen molar-refractivity contribution in [3.05, 3.63) is 59.7 Å². The fourth-order valence-electron chi connectivity index (χ4n) is 3.64. The Kier molecular flexibility index (Phi) is 7.32. The van der Waals surface area contributed by atoms with E-state index in [4.69, 9.17) is 12.2 Å². The largest absolute Gasteiger partial charge is 0.372 e. The van der Waals surface area contributed by atoms with Crippen LogP contribution in [0, 0.1) is 5.92 Å². The standard InChI is InChI=1S/C24H32N4OS/c1-17-13-15-28(16-14-17)22-11-7-19(8-12-22)18(2)25-24(30)26-21-9-5-20(6-10-21)23(29)27(3)4/h5-12,17-18H,13-16H2,1-4H3,(H2,25,26,30). The van der Waals surface area contributed by atoms with Crippen molar-refractivity contribution >= 4 is 34.6 Å². The normalized spacial score (nSPS) is 15.4. The molecule has 160 valence electrons. The number of thiocarbonyl (C=S) groups is 1. The lowest BCUT2D eigenvalue weighted by atomic mass is 9.98. The van der Waals surface area contributed by atoms with Crippen LogP contribution in [0.3, 0.4) is 0 Å². The van der Waals surface area contributed by atoms with Crippen LogP contribution in [0.25, 0.3) is 0 Å². The van der Waals surface area contributed by atoms with Crippen LogP contribution in [-0.2, 0) is 0 Å². The lowest BCUT2D eigenvalue weighted by Gasteiger charge is -2.32. The molecule has 0 spiro atoms. The quantitative estimate of drug-likeness (QED) is 0.683. The molecular formula is C24H32N4OS. The summed E-state index contributed by atoms with van der Waals surface area (Å²) in [7, 11) is 3.49. The highest BCUT2D eigenvalue weighted by molar-refractivity contribution is 7.80. The van der Waals surface area contributed by atoms with Crippen molar-refractivity contribution in [2.24, 2.45) is 5.92 Å². The highest BCUT2D eigenvalue weighted by Gasteiger charge is 2.16. The number of hydrogen-bond acceptors (Lipinski definition) is 3. The number of rotatable bonds is 5. The molecule has 1 amide bonds. The van der Waals surface area contributed by atoms with E-state index in [-0.39, 0.29) is 11.9 Å². The minimum atomic E-state index is -0.0154. The molecule has 5 nitrogen and oxygen atoms in total. The number of carbonyl (C=O) groups excluding carboxylic acids is 1. The van der Waals surface area contributed by atoms with Crippen LogP contribution >= 0.6 is 12.2 Å². The highest BCUT2D eigenvalue weighted by Crippen LogP contribution is 2.24. The van der Waals surface area contributed by atoms with E-state index in [0.717, 1.165) is 24.7 Å². The predicted molar refractivity (Wildman–Crippen MR) is 129 cm³/mol. The number of amides is 1. The first-order chi connectivity index (χ1) is 14.3. The molecule has 0 saturated carbocycles. The molecule has 1 atom stereocenters. The molecule has 2 N–H and O–H groups in total. The Hall–Kier alpha value is -2.60. The summed E-state index contributed by atoms with van der Waals surface area (Å²) in [6.07, 6.45) is 2.54. The van der Waals surface area contributed by atoms with Crippen LogP contribution in [0.4, 0.5) is 11.4 Å². The third kappa shape index (κ3) is 5.72. The molecule has 2 aromatic rings. The van der Waals surface area contributed by atoms with Gasteiger partial charge in [0.15, 0.2) is 5.11 Å². The second kappa shape index (κ2) is 9.94. The maximum Gasteiger partial charge on any atom is 0.253 e. The minimum absolute atomic E-state index is 0.0154. The summed E-state index contributed by atoms with van der Waals surface area (Å²) in [5, 5.41) is 7.09. The van der Waals surface area contributed by atoms with Crippen molar-refractivity contribution in [1.29, 1.82) is 0 Å². The molecular weight excluding hydrogens is 392 g/mol. The fraction of sp³-hybridized carbons (Fsp3) is 0.417. The third-order valence-electron chi connectivity index (χ3n) is 5.69. The van der Waals surface area contributed by atoms with Gasteiger partial charge in [0.2, 0.25) is 0 Å². The van der Waals surface area contributed by atoms with Gasteiger partial charge in [-0.05, 0) is 79.9 Å². The summed E-state index contributed by atoms with van der Waals surface area (Å²) in [6.45, 7) is 6.72. The number of benzene rings is 2. The topological polar surface area (TPSA) is 47.6 Å². The van der Waals surface area contributed by atoms with Gasteiger partial charge in [-0.1, -0.05) is 19.1 Å². The molecule has 0 radical (unpaired) electrons. The van der Waals surface area contributed by atoms with Crippen LogP contribution in [0.2, 0.25) is 0 Å². The maximum absolute atomic E-state index is 12.0. The monoisotopic (exact) mass is 424 g/mol. The Bertz CT molecular complexity index is 856. The first-order valence-corrected chi connectivity index (χ1v) is 11.0. The van der Waals surface area contributed by atoms with Crippen LogP contribution in [0.1, 0.15) is 48.7 Å². The number of carbonyl (C=O) groups is 1. The summed E-state index contributed by atoms with van der Waals surface area (Å²) in [6, 6.07) is 16.2. The Balaban J connectivity index is 1.53. The van der Waals surface area contributed by atoms with Gasteiger partial charge in [-0.25, -0.2) is 0 Å². The van der Waals surface area contributed by atoms with E-state index < -0.39 is 0 Å². The zero-order valence-corrected chi connectivity index (χ0v) is 19.1. The smallest absolute Gasteiger partial charge is 0.253 e. The van der Waals surface area contributed by atoms with Crippen molar-refractivity contribution in [3.63, 3.8) is 0 Å². The Morgan fingerprint density at radius 2 is 1.67 bits per heavy atom. The Morgan fingerprint density at radius 3 is 2.23 bits per heavy atom. The van der Waals surface area contributed by atoms with Gasteiger partial charge in [0.05, 0.1) is 6.04 Å². The van der Waals surface area contributed by atoms with E-state index in [1.165, 1.54) is 24.1 Å². The van der Waals surface area contributed by atoms with Gasteiger partial charge in [0.25, 0.3) is 5.91 Å². The predicted octanol–water partition coefficient (Wildman–Crippen LogP) is 4.67. The molecule has 6 heteroatoms. The second-order valence-electron chi connectivity index (χ2n) is 8.36. The first kappa shape index (κ1) is 22.1. The van der Waals surface area contributed by atoms with E-state index in [1.54, 1.807) is 31.1 Å². The van der Waals surface area contributed by atoms with Gasteiger partial charge in [0, 0.05) is 44.1 Å². The van der Waals surface area contributed by atoms with Crippen molar-refractivity contribution < 1.29 is 4.79 Å². The van der Waals surface area contributed by atoms with E-state index in [2.05, 4.69) is 53.6 Å². The van der Waals surface area contributed by atoms with Crippen molar-refractivity contribution in [2.75, 3.05) is 37.4 Å². The van der Waals surface area contributed by atoms with Gasteiger partial charge in [-0.3, -0.25) is 4.79 Å². The van der Waals surface area contributed by atoms with Crippen molar-refractivity contribution in [3.8, 4) is 0 Å². The maximum atomic E-state index is 12.0. The van der Waals surface area contributed by atoms with E-state index in [9.17, 15) is 4.79 Å². The summed E-state index contributed by atoms with van der Waals surface area (Å²) in [5.74, 6) is 0.821. The van der Waals surface area contributed by atoms with Crippen LogP contribution in [0.15, 0.2) is 48.5 Å². The van der Waals surface area contributed by atoms with E-state index in [0.29, 0.717) is 10.7 Å². The molecule has 30 heavy (non-hydrogen) atoms. The van der Waals surface area contributed by atoms with Gasteiger partial charge >= 0.3 is 0 Å². The Morgan fingerprint density at radius 1 is 1.07 bits per heavy atom. The molecule has 2 aromatic carbocycles. The number of piperidine rings is 1. The van der Waals surface area contributed by atoms with Gasteiger partial charge in [-0.15, -0.1) is 0 Å². The van der Waals surface area contributed by atoms with Gasteiger partial charge in [0.1, 0.15) is 0 Å². The molecule has 1 aliphatic heterocycles. The zero-order chi connectivity index (χ0) is 21.7. The summed E-state index contributed by atoms with van der Waals surface area (Å²) in [4.78, 5) is 16.0. The molecule has 1 unspecified atom stereocenters. The lowest BCUT2D eigenvalue weighted by molar-refractivity contribution is 0.0827. The molecule has 3 rings (SSSR count). The average Bonchev–Trinajstić information content (AvgIpc) is 2.74. The van der Waals surface area contributed by atoms with E-state index >= 15 is 0 Å².